The average molecular weight is 221 g/mol. The van der Waals surface area contributed by atoms with Crippen molar-refractivity contribution in [2.75, 3.05) is 7.05 Å². The van der Waals surface area contributed by atoms with Crippen molar-refractivity contribution in [3.05, 3.63) is 36.2 Å². The smallest absolute Gasteiger partial charge is 0.321 e. The maximum absolute atomic E-state index is 11.3. The van der Waals surface area contributed by atoms with Gasteiger partial charge in [0.25, 0.3) is 0 Å². The van der Waals surface area contributed by atoms with Gasteiger partial charge in [0.2, 0.25) is 5.91 Å². The Hall–Kier alpha value is -2.04. The van der Waals surface area contributed by atoms with Crippen LogP contribution in [0.3, 0.4) is 0 Å². The molecule has 0 saturated heterocycles. The molecule has 5 nitrogen and oxygen atoms in total. The van der Waals surface area contributed by atoms with Gasteiger partial charge in [-0.2, -0.15) is 0 Å². The van der Waals surface area contributed by atoms with Gasteiger partial charge < -0.3 is 10.8 Å². The lowest BCUT2D eigenvalue weighted by molar-refractivity contribution is -0.123. The minimum absolute atomic E-state index is 0.171. The summed E-state index contributed by atoms with van der Waals surface area (Å²) in [5.74, 6) is -0.273. The van der Waals surface area contributed by atoms with Crippen LogP contribution in [0.2, 0.25) is 0 Å². The molecule has 1 aromatic rings. The number of rotatable bonds is 3. The van der Waals surface area contributed by atoms with E-state index in [1.54, 1.807) is 12.1 Å². The average Bonchev–Trinajstić information content (AvgIpc) is 2.26. The van der Waals surface area contributed by atoms with E-state index in [2.05, 4.69) is 0 Å². The topological polar surface area (TPSA) is 83.6 Å². The van der Waals surface area contributed by atoms with Crippen molar-refractivity contribution < 1.29 is 14.7 Å². The Kier molecular flexibility index (Phi) is 3.88. The molecule has 0 fully saturated rings. The second kappa shape index (κ2) is 5.16. The molecule has 0 unspecified atom stereocenters. The summed E-state index contributed by atoms with van der Waals surface area (Å²) >= 11 is 0. The molecule has 0 aliphatic rings. The van der Waals surface area contributed by atoms with Crippen LogP contribution >= 0.6 is 0 Å². The van der Waals surface area contributed by atoms with Crippen LogP contribution < -0.4 is 5.73 Å². The van der Waals surface area contributed by atoms with E-state index in [9.17, 15) is 9.59 Å². The number of urea groups is 1. The van der Waals surface area contributed by atoms with E-state index < -0.39 is 11.9 Å². The zero-order chi connectivity index (χ0) is 12.1. The molecule has 0 aliphatic carbocycles. The summed E-state index contributed by atoms with van der Waals surface area (Å²) in [5.41, 5.74) is 5.80. The third-order valence-electron chi connectivity index (χ3n) is 2.11. The molecule has 1 rings (SSSR count). The zero-order valence-corrected chi connectivity index (χ0v) is 8.88. The summed E-state index contributed by atoms with van der Waals surface area (Å²) in [4.78, 5) is 22.8. The highest BCUT2D eigenvalue weighted by Crippen LogP contribution is 2.11. The van der Waals surface area contributed by atoms with Crippen LogP contribution in [0.25, 0.3) is 0 Å². The SMILES string of the molecule is CN(C(N)=O)C(=O)[CH]Cc1ccc(O)cc1. The monoisotopic (exact) mass is 221 g/mol. The Morgan fingerprint density at radius 1 is 1.38 bits per heavy atom. The normalized spacial score (nSPS) is 9.81. The number of phenolic OH excluding ortho intramolecular Hbond substituents is 1. The van der Waals surface area contributed by atoms with Crippen molar-refractivity contribution in [1.29, 1.82) is 0 Å². The van der Waals surface area contributed by atoms with Crippen molar-refractivity contribution in [2.24, 2.45) is 5.73 Å². The summed E-state index contributed by atoms with van der Waals surface area (Å²) < 4.78 is 0. The van der Waals surface area contributed by atoms with Gasteiger partial charge in [-0.25, -0.2) is 4.79 Å². The van der Waals surface area contributed by atoms with Crippen molar-refractivity contribution in [3.8, 4) is 5.75 Å². The quantitative estimate of drug-likeness (QED) is 0.787. The summed E-state index contributed by atoms with van der Waals surface area (Å²) in [6, 6.07) is 5.68. The second-order valence-corrected chi connectivity index (χ2v) is 3.31. The number of benzene rings is 1. The molecule has 0 atom stereocenters. The largest absolute Gasteiger partial charge is 0.508 e. The summed E-state index contributed by atoms with van der Waals surface area (Å²) in [7, 11) is 1.32. The van der Waals surface area contributed by atoms with Gasteiger partial charge in [-0.05, 0) is 24.1 Å². The second-order valence-electron chi connectivity index (χ2n) is 3.31. The molecule has 0 aliphatic heterocycles. The number of aromatic hydroxyl groups is 1. The first-order valence-corrected chi connectivity index (χ1v) is 4.69. The van der Waals surface area contributed by atoms with Crippen molar-refractivity contribution in [2.45, 2.75) is 6.42 Å². The molecule has 1 radical (unpaired) electrons. The summed E-state index contributed by atoms with van der Waals surface area (Å²) in [6.45, 7) is 0. The third-order valence-corrected chi connectivity index (χ3v) is 2.11. The number of nitrogens with two attached hydrogens (primary N) is 1. The van der Waals surface area contributed by atoms with E-state index in [1.807, 2.05) is 0 Å². The number of primary amides is 1. The fraction of sp³-hybridized carbons (Fsp3) is 0.182. The predicted molar refractivity (Wildman–Crippen MR) is 58.5 cm³/mol. The van der Waals surface area contributed by atoms with Crippen molar-refractivity contribution in [1.82, 2.24) is 4.90 Å². The van der Waals surface area contributed by atoms with E-state index in [1.165, 1.54) is 25.6 Å². The molecule has 5 heteroatoms. The summed E-state index contributed by atoms with van der Waals surface area (Å²) in [5, 5.41) is 9.05. The number of nitrogens with zero attached hydrogens (tertiary/aromatic N) is 1. The Morgan fingerprint density at radius 3 is 2.44 bits per heavy atom. The number of carbonyl (C=O) groups is 2. The molecule has 3 N–H and O–H groups in total. The van der Waals surface area contributed by atoms with Gasteiger partial charge >= 0.3 is 6.03 Å². The van der Waals surface area contributed by atoms with Crippen LogP contribution in [0, 0.1) is 6.42 Å². The minimum Gasteiger partial charge on any atom is -0.508 e. The van der Waals surface area contributed by atoms with Gasteiger partial charge in [-0.3, -0.25) is 9.69 Å². The molecule has 3 amide bonds. The molecule has 0 heterocycles. The Bertz CT molecular complexity index is 387. The molecular formula is C11H13N2O3. The van der Waals surface area contributed by atoms with E-state index in [4.69, 9.17) is 10.8 Å². The predicted octanol–water partition coefficient (Wildman–Crippen LogP) is 0.676. The van der Waals surface area contributed by atoms with Gasteiger partial charge in [0, 0.05) is 7.05 Å². The van der Waals surface area contributed by atoms with Gasteiger partial charge in [0.15, 0.2) is 0 Å². The highest BCUT2D eigenvalue weighted by Gasteiger charge is 2.13. The molecule has 16 heavy (non-hydrogen) atoms. The van der Waals surface area contributed by atoms with E-state index in [0.29, 0.717) is 6.42 Å². The highest BCUT2D eigenvalue weighted by atomic mass is 16.3. The molecule has 1 aromatic carbocycles. The number of hydrogen-bond donors (Lipinski definition) is 2. The van der Waals surface area contributed by atoms with E-state index in [0.717, 1.165) is 10.5 Å². The standard InChI is InChI=1S/C11H13N2O3/c1-13(11(12)16)10(15)7-4-8-2-5-9(14)6-3-8/h2-3,5-7,14H,4H2,1H3,(H2,12,16). The maximum atomic E-state index is 11.3. The van der Waals surface area contributed by atoms with Crippen LogP contribution in [0.1, 0.15) is 5.56 Å². The van der Waals surface area contributed by atoms with Crippen LogP contribution in [-0.2, 0) is 11.2 Å². The van der Waals surface area contributed by atoms with Crippen LogP contribution in [0.15, 0.2) is 24.3 Å². The molecule has 0 saturated carbocycles. The number of imide groups is 1. The number of phenols is 1. The molecule has 0 aromatic heterocycles. The molecule has 85 valence electrons. The minimum atomic E-state index is -0.785. The zero-order valence-electron chi connectivity index (χ0n) is 8.88. The number of hydrogen-bond acceptors (Lipinski definition) is 3. The first-order valence-electron chi connectivity index (χ1n) is 4.69. The van der Waals surface area contributed by atoms with Crippen LogP contribution in [0.5, 0.6) is 5.75 Å². The number of carbonyl (C=O) groups excluding carboxylic acids is 2. The first-order chi connectivity index (χ1) is 7.50. The lowest BCUT2D eigenvalue weighted by Crippen LogP contribution is -2.37. The molecular weight excluding hydrogens is 208 g/mol. The van der Waals surface area contributed by atoms with Crippen molar-refractivity contribution >= 4 is 11.9 Å². The fourth-order valence-electron chi connectivity index (χ4n) is 1.08. The third kappa shape index (κ3) is 3.27. The van der Waals surface area contributed by atoms with Gasteiger partial charge in [-0.1, -0.05) is 12.1 Å². The van der Waals surface area contributed by atoms with Crippen molar-refractivity contribution in [3.63, 3.8) is 0 Å². The fourth-order valence-corrected chi connectivity index (χ4v) is 1.08. The summed E-state index contributed by atoms with van der Waals surface area (Å²) in [6.07, 6.45) is 1.74. The van der Waals surface area contributed by atoms with E-state index >= 15 is 0 Å². The van der Waals surface area contributed by atoms with Gasteiger partial charge in [-0.15, -0.1) is 0 Å². The molecule has 0 spiro atoms. The Morgan fingerprint density at radius 2 is 1.94 bits per heavy atom. The van der Waals surface area contributed by atoms with Gasteiger partial charge in [0.1, 0.15) is 5.75 Å². The van der Waals surface area contributed by atoms with Crippen LogP contribution in [-0.4, -0.2) is 29.0 Å². The van der Waals surface area contributed by atoms with Gasteiger partial charge in [0.05, 0.1) is 6.42 Å². The number of amides is 3. The Balaban J connectivity index is 2.49. The highest BCUT2D eigenvalue weighted by molar-refractivity contribution is 5.97. The maximum Gasteiger partial charge on any atom is 0.321 e. The Labute approximate surface area is 93.5 Å². The lowest BCUT2D eigenvalue weighted by atomic mass is 10.1. The van der Waals surface area contributed by atoms with E-state index in [-0.39, 0.29) is 5.75 Å². The molecule has 0 bridgehead atoms. The first kappa shape index (κ1) is 12.0. The lowest BCUT2D eigenvalue weighted by Gasteiger charge is -2.11. The van der Waals surface area contributed by atoms with Crippen LogP contribution in [0.4, 0.5) is 4.79 Å².